The highest BCUT2D eigenvalue weighted by atomic mass is 16.2. The van der Waals surface area contributed by atoms with Crippen molar-refractivity contribution in [2.45, 2.75) is 32.2 Å². The van der Waals surface area contributed by atoms with E-state index in [4.69, 9.17) is 5.73 Å². The Kier molecular flexibility index (Phi) is 7.00. The Morgan fingerprint density at radius 1 is 1.25 bits per heavy atom. The molecular formula is C25H30N8O3. The Labute approximate surface area is 209 Å². The van der Waals surface area contributed by atoms with Crippen molar-refractivity contribution >= 4 is 40.3 Å². The van der Waals surface area contributed by atoms with Gasteiger partial charge in [-0.05, 0) is 49.1 Å². The molecule has 1 aliphatic rings. The Morgan fingerprint density at radius 2 is 2.03 bits per heavy atom. The number of rotatable bonds is 6. The molecule has 1 fully saturated rings. The van der Waals surface area contributed by atoms with Crippen LogP contribution in [-0.4, -0.2) is 74.5 Å². The number of nitrogens with one attached hydrogen (secondary N) is 1. The number of likely N-dealkylation sites (tertiary alicyclic amines) is 1. The van der Waals surface area contributed by atoms with Crippen molar-refractivity contribution in [2.24, 2.45) is 0 Å². The molecule has 0 aliphatic carbocycles. The maximum Gasteiger partial charge on any atom is 0.277 e. The van der Waals surface area contributed by atoms with Crippen LogP contribution in [0.15, 0.2) is 37.2 Å². The molecule has 4 rings (SSSR count). The zero-order valence-corrected chi connectivity index (χ0v) is 20.7. The smallest absolute Gasteiger partial charge is 0.277 e. The van der Waals surface area contributed by atoms with Gasteiger partial charge in [0.1, 0.15) is 12.1 Å². The fraction of sp³-hybridized carbons (Fsp3) is 0.360. The number of piperidine rings is 1. The van der Waals surface area contributed by atoms with Gasteiger partial charge in [-0.1, -0.05) is 12.6 Å². The number of carbonyl (C=O) groups is 3. The Bertz CT molecular complexity index is 1350. The lowest BCUT2D eigenvalue weighted by Gasteiger charge is -2.32. The Morgan fingerprint density at radius 3 is 2.75 bits per heavy atom. The van der Waals surface area contributed by atoms with Crippen LogP contribution < -0.4 is 11.1 Å². The predicted molar refractivity (Wildman–Crippen MR) is 136 cm³/mol. The minimum atomic E-state index is -0.467. The maximum atomic E-state index is 13.4. The van der Waals surface area contributed by atoms with Crippen LogP contribution in [0.4, 0.5) is 11.5 Å². The number of nitrogens with two attached hydrogens (primary N) is 1. The first-order chi connectivity index (χ1) is 17.2. The number of amides is 3. The highest BCUT2D eigenvalue weighted by Gasteiger charge is 2.29. The second-order valence-electron chi connectivity index (χ2n) is 9.16. The molecule has 0 unspecified atom stereocenters. The largest absolute Gasteiger partial charge is 0.383 e. The molecule has 1 aromatic carbocycles. The van der Waals surface area contributed by atoms with E-state index in [0.29, 0.717) is 29.8 Å². The summed E-state index contributed by atoms with van der Waals surface area (Å²) in [4.78, 5) is 49.4. The number of aryl methyl sites for hydroxylation is 1. The normalized spacial score (nSPS) is 15.5. The topological polar surface area (TPSA) is 139 Å². The van der Waals surface area contributed by atoms with Crippen molar-refractivity contribution in [1.29, 1.82) is 0 Å². The van der Waals surface area contributed by atoms with Gasteiger partial charge in [-0.15, -0.1) is 0 Å². The first kappa shape index (κ1) is 24.8. The second-order valence-corrected chi connectivity index (χ2v) is 9.16. The number of likely N-dealkylation sites (N-methyl/N-ethyl adjacent to an activating group) is 1. The quantitative estimate of drug-likeness (QED) is 0.503. The average molecular weight is 491 g/mol. The van der Waals surface area contributed by atoms with Gasteiger partial charge in [0.25, 0.3) is 5.91 Å². The third-order valence-corrected chi connectivity index (χ3v) is 6.21. The molecule has 3 amide bonds. The fourth-order valence-electron chi connectivity index (χ4n) is 4.45. The predicted octanol–water partition coefficient (Wildman–Crippen LogP) is 1.95. The molecular weight excluding hydrogens is 460 g/mol. The van der Waals surface area contributed by atoms with Gasteiger partial charge in [-0.3, -0.25) is 14.4 Å². The van der Waals surface area contributed by atoms with E-state index in [1.54, 1.807) is 29.7 Å². The molecule has 11 heteroatoms. The van der Waals surface area contributed by atoms with Crippen molar-refractivity contribution in [2.75, 3.05) is 38.2 Å². The number of anilines is 2. The molecule has 11 nitrogen and oxygen atoms in total. The van der Waals surface area contributed by atoms with E-state index in [2.05, 4.69) is 27.0 Å². The van der Waals surface area contributed by atoms with Crippen LogP contribution in [-0.2, 0) is 16.0 Å². The van der Waals surface area contributed by atoms with Crippen LogP contribution in [0, 0.1) is 6.92 Å². The minimum absolute atomic E-state index is 0.0380. The third kappa shape index (κ3) is 5.04. The van der Waals surface area contributed by atoms with Gasteiger partial charge in [-0.2, -0.15) is 5.10 Å². The molecule has 188 valence electrons. The summed E-state index contributed by atoms with van der Waals surface area (Å²) in [6, 6.07) is 5.32. The molecule has 1 aliphatic heterocycles. The van der Waals surface area contributed by atoms with Crippen LogP contribution in [0.2, 0.25) is 0 Å². The van der Waals surface area contributed by atoms with E-state index in [0.717, 1.165) is 24.0 Å². The summed E-state index contributed by atoms with van der Waals surface area (Å²) in [5.74, 6) is -0.506. The highest BCUT2D eigenvalue weighted by Crippen LogP contribution is 2.29. The number of benzene rings is 1. The monoisotopic (exact) mass is 490 g/mol. The van der Waals surface area contributed by atoms with Gasteiger partial charge in [0.05, 0.1) is 17.8 Å². The molecule has 0 radical (unpaired) electrons. The van der Waals surface area contributed by atoms with Crippen molar-refractivity contribution in [3.8, 4) is 0 Å². The average Bonchev–Trinajstić information content (AvgIpc) is 3.24. The summed E-state index contributed by atoms with van der Waals surface area (Å²) in [6.07, 6.45) is 4.40. The summed E-state index contributed by atoms with van der Waals surface area (Å²) in [7, 11) is 3.40. The van der Waals surface area contributed by atoms with Crippen LogP contribution in [0.25, 0.3) is 11.0 Å². The Balaban J connectivity index is 1.66. The number of nitrogens with zero attached hydrogens (tertiary/aromatic N) is 6. The molecule has 3 aromatic rings. The number of aromatic nitrogens is 4. The van der Waals surface area contributed by atoms with E-state index >= 15 is 0 Å². The standard InChI is InChI=1S/C25H30N8O3/c1-5-19(34)32-8-6-7-18(13-32)33-24-21(23(26)27-14-28-24)22(30-33)25(36)29-17-10-15(2)9-16(11-17)12-20(35)31(3)4/h5,9-11,14,18H,1,6-8,12-13H2,2-4H3,(H,29,36)(H2,26,27,28)/t18-/m1/s1. The van der Waals surface area contributed by atoms with Gasteiger partial charge in [-0.25, -0.2) is 14.6 Å². The van der Waals surface area contributed by atoms with Crippen molar-refractivity contribution in [3.05, 3.63) is 54.0 Å². The molecule has 36 heavy (non-hydrogen) atoms. The van der Waals surface area contributed by atoms with Crippen LogP contribution in [0.1, 0.15) is 40.5 Å². The summed E-state index contributed by atoms with van der Waals surface area (Å²) in [5, 5.41) is 7.85. The van der Waals surface area contributed by atoms with Crippen molar-refractivity contribution < 1.29 is 14.4 Å². The maximum absolute atomic E-state index is 13.4. The molecule has 2 aromatic heterocycles. The minimum Gasteiger partial charge on any atom is -0.383 e. The lowest BCUT2D eigenvalue weighted by molar-refractivity contribution is -0.128. The molecule has 0 spiro atoms. The van der Waals surface area contributed by atoms with Gasteiger partial charge in [0.15, 0.2) is 11.3 Å². The zero-order chi connectivity index (χ0) is 26.0. The SMILES string of the molecule is C=CC(=O)N1CCC[C@@H](n2nc(C(=O)Nc3cc(C)cc(CC(=O)N(C)C)c3)c3c(N)ncnc32)C1. The zero-order valence-electron chi connectivity index (χ0n) is 20.7. The molecule has 1 saturated heterocycles. The number of hydrogen-bond donors (Lipinski definition) is 2. The first-order valence-corrected chi connectivity index (χ1v) is 11.7. The number of carbonyl (C=O) groups excluding carboxylic acids is 3. The van der Waals surface area contributed by atoms with Gasteiger partial charge < -0.3 is 20.9 Å². The first-order valence-electron chi connectivity index (χ1n) is 11.7. The molecule has 0 bridgehead atoms. The fourth-order valence-corrected chi connectivity index (χ4v) is 4.45. The van der Waals surface area contributed by atoms with Gasteiger partial charge >= 0.3 is 0 Å². The van der Waals surface area contributed by atoms with Gasteiger partial charge in [0, 0.05) is 32.9 Å². The summed E-state index contributed by atoms with van der Waals surface area (Å²) < 4.78 is 1.67. The number of hydrogen-bond acceptors (Lipinski definition) is 7. The third-order valence-electron chi connectivity index (χ3n) is 6.21. The highest BCUT2D eigenvalue weighted by molar-refractivity contribution is 6.13. The van der Waals surface area contributed by atoms with Crippen LogP contribution in [0.3, 0.4) is 0 Å². The second kappa shape index (κ2) is 10.1. The Hall–Kier alpha value is -4.28. The molecule has 3 N–H and O–H groups in total. The van der Waals surface area contributed by atoms with E-state index in [1.807, 2.05) is 19.1 Å². The van der Waals surface area contributed by atoms with Gasteiger partial charge in [0.2, 0.25) is 11.8 Å². The lowest BCUT2D eigenvalue weighted by Crippen LogP contribution is -2.40. The van der Waals surface area contributed by atoms with Crippen LogP contribution >= 0.6 is 0 Å². The van der Waals surface area contributed by atoms with E-state index in [-0.39, 0.29) is 35.8 Å². The van der Waals surface area contributed by atoms with E-state index in [9.17, 15) is 14.4 Å². The summed E-state index contributed by atoms with van der Waals surface area (Å²) in [6.45, 7) is 6.53. The lowest BCUT2D eigenvalue weighted by atomic mass is 10.1. The van der Waals surface area contributed by atoms with E-state index < -0.39 is 5.91 Å². The molecule has 1 atom stereocenters. The van der Waals surface area contributed by atoms with Crippen molar-refractivity contribution in [1.82, 2.24) is 29.5 Å². The van der Waals surface area contributed by atoms with Crippen LogP contribution in [0.5, 0.6) is 0 Å². The molecule has 0 saturated carbocycles. The summed E-state index contributed by atoms with van der Waals surface area (Å²) >= 11 is 0. The number of nitrogen functional groups attached to an aromatic ring is 1. The molecule has 3 heterocycles. The van der Waals surface area contributed by atoms with Crippen molar-refractivity contribution in [3.63, 3.8) is 0 Å². The number of fused-ring (bicyclic) bond motifs is 1. The summed E-state index contributed by atoms with van der Waals surface area (Å²) in [5.41, 5.74) is 8.93. The van der Waals surface area contributed by atoms with E-state index in [1.165, 1.54) is 17.3 Å².